The van der Waals surface area contributed by atoms with E-state index in [0.717, 1.165) is 30.2 Å². The van der Waals surface area contributed by atoms with Crippen molar-refractivity contribution in [3.63, 3.8) is 0 Å². The van der Waals surface area contributed by atoms with E-state index >= 15 is 0 Å². The molecule has 1 aliphatic rings. The number of aromatic nitrogens is 1. The molecule has 1 unspecified atom stereocenters. The Kier molecular flexibility index (Phi) is 3.15. The van der Waals surface area contributed by atoms with Gasteiger partial charge in [-0.25, -0.2) is 4.98 Å². The highest BCUT2D eigenvalue weighted by atomic mass is 32.1. The van der Waals surface area contributed by atoms with Crippen molar-refractivity contribution in [3.8, 4) is 0 Å². The molecule has 1 aromatic heterocycles. The first-order valence-electron chi connectivity index (χ1n) is 5.05. The number of aliphatic hydroxyl groups excluding tert-OH is 1. The van der Waals surface area contributed by atoms with Crippen LogP contribution in [0.1, 0.15) is 23.5 Å². The summed E-state index contributed by atoms with van der Waals surface area (Å²) >= 11 is 1.70. The van der Waals surface area contributed by atoms with Gasteiger partial charge in [-0.1, -0.05) is 0 Å². The second-order valence-corrected chi connectivity index (χ2v) is 4.87. The maximum absolute atomic E-state index is 9.16. The molecule has 0 aromatic carbocycles. The van der Waals surface area contributed by atoms with Gasteiger partial charge in [-0.3, -0.25) is 4.90 Å². The van der Waals surface area contributed by atoms with Gasteiger partial charge >= 0.3 is 0 Å². The Morgan fingerprint density at radius 2 is 2.57 bits per heavy atom. The Morgan fingerprint density at radius 3 is 3.21 bits per heavy atom. The number of aliphatic hydroxyl groups is 1. The highest BCUT2D eigenvalue weighted by molar-refractivity contribution is 7.09. The maximum Gasteiger partial charge on any atom is 0.0897 e. The highest BCUT2D eigenvalue weighted by Crippen LogP contribution is 2.20. The predicted octanol–water partition coefficient (Wildman–Crippen LogP) is 1.41. The third-order valence-electron chi connectivity index (χ3n) is 2.74. The first-order chi connectivity index (χ1) is 6.79. The van der Waals surface area contributed by atoms with Crippen LogP contribution in [-0.2, 0) is 6.54 Å². The van der Waals surface area contributed by atoms with Crippen molar-refractivity contribution in [1.82, 2.24) is 9.88 Å². The number of rotatable bonds is 3. The molecule has 1 atom stereocenters. The molecular formula is C10H16N2OS. The number of likely N-dealkylation sites (tertiary alicyclic amines) is 1. The molecule has 4 heteroatoms. The quantitative estimate of drug-likeness (QED) is 0.823. The van der Waals surface area contributed by atoms with Crippen molar-refractivity contribution in [2.24, 2.45) is 0 Å². The van der Waals surface area contributed by atoms with Crippen LogP contribution in [0.25, 0.3) is 0 Å². The van der Waals surface area contributed by atoms with Crippen LogP contribution in [-0.4, -0.2) is 34.2 Å². The van der Waals surface area contributed by atoms with E-state index in [9.17, 15) is 0 Å². The first kappa shape index (κ1) is 10.1. The molecule has 78 valence electrons. The van der Waals surface area contributed by atoms with Crippen molar-refractivity contribution < 1.29 is 5.11 Å². The van der Waals surface area contributed by atoms with Crippen molar-refractivity contribution in [3.05, 3.63) is 16.1 Å². The van der Waals surface area contributed by atoms with Crippen LogP contribution in [0.3, 0.4) is 0 Å². The topological polar surface area (TPSA) is 36.4 Å². The molecule has 0 bridgehead atoms. The average molecular weight is 212 g/mol. The number of aryl methyl sites for hydroxylation is 1. The van der Waals surface area contributed by atoms with Crippen LogP contribution in [0.4, 0.5) is 0 Å². The summed E-state index contributed by atoms with van der Waals surface area (Å²) in [5.74, 6) is 0. The number of hydrogen-bond acceptors (Lipinski definition) is 4. The van der Waals surface area contributed by atoms with E-state index in [1.165, 1.54) is 6.42 Å². The van der Waals surface area contributed by atoms with E-state index in [-0.39, 0.29) is 6.61 Å². The van der Waals surface area contributed by atoms with E-state index in [1.807, 2.05) is 6.92 Å². The molecular weight excluding hydrogens is 196 g/mol. The zero-order valence-corrected chi connectivity index (χ0v) is 9.26. The Morgan fingerprint density at radius 1 is 1.71 bits per heavy atom. The van der Waals surface area contributed by atoms with Gasteiger partial charge < -0.3 is 5.11 Å². The minimum atomic E-state index is 0.281. The fourth-order valence-electron chi connectivity index (χ4n) is 2.00. The number of hydrogen-bond donors (Lipinski definition) is 1. The smallest absolute Gasteiger partial charge is 0.0897 e. The fourth-order valence-corrected chi connectivity index (χ4v) is 2.60. The summed E-state index contributed by atoms with van der Waals surface area (Å²) in [5, 5.41) is 12.4. The van der Waals surface area contributed by atoms with E-state index in [4.69, 9.17) is 5.11 Å². The van der Waals surface area contributed by atoms with Crippen LogP contribution >= 0.6 is 11.3 Å². The molecule has 1 saturated heterocycles. The SMILES string of the molecule is Cc1nc(CN2CCCC2CO)cs1. The van der Waals surface area contributed by atoms with Gasteiger partial charge in [0.15, 0.2) is 0 Å². The molecule has 0 radical (unpaired) electrons. The molecule has 3 nitrogen and oxygen atoms in total. The molecule has 1 N–H and O–H groups in total. The maximum atomic E-state index is 9.16. The molecule has 0 saturated carbocycles. The summed E-state index contributed by atoms with van der Waals surface area (Å²) in [4.78, 5) is 6.77. The monoisotopic (exact) mass is 212 g/mol. The minimum Gasteiger partial charge on any atom is -0.395 e. The van der Waals surface area contributed by atoms with Crippen molar-refractivity contribution >= 4 is 11.3 Å². The Bertz CT molecular complexity index is 300. The normalized spacial score (nSPS) is 23.1. The van der Waals surface area contributed by atoms with Gasteiger partial charge in [0.25, 0.3) is 0 Å². The third kappa shape index (κ3) is 2.13. The minimum absolute atomic E-state index is 0.281. The Hall–Kier alpha value is -0.450. The van der Waals surface area contributed by atoms with Crippen LogP contribution in [0.5, 0.6) is 0 Å². The van der Waals surface area contributed by atoms with E-state index in [0.29, 0.717) is 6.04 Å². The Balaban J connectivity index is 1.96. The standard InChI is InChI=1S/C10H16N2OS/c1-8-11-9(7-14-8)5-12-4-2-3-10(12)6-13/h7,10,13H,2-6H2,1H3. The summed E-state index contributed by atoms with van der Waals surface area (Å²) in [5.41, 5.74) is 1.15. The molecule has 14 heavy (non-hydrogen) atoms. The van der Waals surface area contributed by atoms with Crippen molar-refractivity contribution in [1.29, 1.82) is 0 Å². The number of nitrogens with zero attached hydrogens (tertiary/aromatic N) is 2. The lowest BCUT2D eigenvalue weighted by Crippen LogP contribution is -2.31. The predicted molar refractivity (Wildman–Crippen MR) is 57.4 cm³/mol. The van der Waals surface area contributed by atoms with E-state index < -0.39 is 0 Å². The lowest BCUT2D eigenvalue weighted by Gasteiger charge is -2.21. The molecule has 1 fully saturated rings. The second-order valence-electron chi connectivity index (χ2n) is 3.81. The first-order valence-corrected chi connectivity index (χ1v) is 5.93. The van der Waals surface area contributed by atoms with Gasteiger partial charge in [-0.05, 0) is 26.3 Å². The molecule has 0 spiro atoms. The molecule has 2 heterocycles. The summed E-state index contributed by atoms with van der Waals surface area (Å²) in [7, 11) is 0. The van der Waals surface area contributed by atoms with E-state index in [2.05, 4.69) is 15.3 Å². The largest absolute Gasteiger partial charge is 0.395 e. The van der Waals surface area contributed by atoms with Crippen molar-refractivity contribution in [2.45, 2.75) is 32.4 Å². The second kappa shape index (κ2) is 4.38. The molecule has 1 aliphatic heterocycles. The zero-order valence-electron chi connectivity index (χ0n) is 8.44. The lowest BCUT2D eigenvalue weighted by molar-refractivity contribution is 0.152. The average Bonchev–Trinajstić information content (AvgIpc) is 2.76. The van der Waals surface area contributed by atoms with Crippen LogP contribution in [0, 0.1) is 6.92 Å². The lowest BCUT2D eigenvalue weighted by atomic mass is 10.2. The molecule has 2 rings (SSSR count). The highest BCUT2D eigenvalue weighted by Gasteiger charge is 2.23. The van der Waals surface area contributed by atoms with Crippen LogP contribution < -0.4 is 0 Å². The molecule has 0 aliphatic carbocycles. The fraction of sp³-hybridized carbons (Fsp3) is 0.700. The van der Waals surface area contributed by atoms with Gasteiger partial charge in [0.05, 0.1) is 17.3 Å². The van der Waals surface area contributed by atoms with Gasteiger partial charge in [0.2, 0.25) is 0 Å². The van der Waals surface area contributed by atoms with Crippen LogP contribution in [0.2, 0.25) is 0 Å². The van der Waals surface area contributed by atoms with Gasteiger partial charge in [0, 0.05) is 18.0 Å². The summed E-state index contributed by atoms with van der Waals surface area (Å²) in [6.07, 6.45) is 2.33. The summed E-state index contributed by atoms with van der Waals surface area (Å²) in [6, 6.07) is 0.358. The molecule has 0 amide bonds. The number of thiazole rings is 1. The summed E-state index contributed by atoms with van der Waals surface area (Å²) in [6.45, 7) is 4.31. The molecule has 1 aromatic rings. The zero-order chi connectivity index (χ0) is 9.97. The van der Waals surface area contributed by atoms with Gasteiger partial charge in [-0.2, -0.15) is 0 Å². The summed E-state index contributed by atoms with van der Waals surface area (Å²) < 4.78 is 0. The van der Waals surface area contributed by atoms with Gasteiger partial charge in [0.1, 0.15) is 0 Å². The Labute approximate surface area is 88.4 Å². The van der Waals surface area contributed by atoms with Crippen LogP contribution in [0.15, 0.2) is 5.38 Å². The third-order valence-corrected chi connectivity index (χ3v) is 3.56. The van der Waals surface area contributed by atoms with Crippen molar-refractivity contribution in [2.75, 3.05) is 13.2 Å². The van der Waals surface area contributed by atoms with E-state index in [1.54, 1.807) is 11.3 Å². The van der Waals surface area contributed by atoms with Gasteiger partial charge in [-0.15, -0.1) is 11.3 Å².